The van der Waals surface area contributed by atoms with Gasteiger partial charge in [0.15, 0.2) is 0 Å². The Morgan fingerprint density at radius 1 is 1.35 bits per heavy atom. The fourth-order valence-electron chi connectivity index (χ4n) is 3.22. The van der Waals surface area contributed by atoms with Crippen LogP contribution in [0.25, 0.3) is 0 Å². The van der Waals surface area contributed by atoms with Crippen LogP contribution in [0.2, 0.25) is 0 Å². The summed E-state index contributed by atoms with van der Waals surface area (Å²) < 4.78 is 0. The normalized spacial score (nSPS) is 40.0. The maximum absolute atomic E-state index is 12.4. The van der Waals surface area contributed by atoms with Crippen LogP contribution in [0, 0.1) is 5.92 Å². The van der Waals surface area contributed by atoms with Gasteiger partial charge >= 0.3 is 5.97 Å². The predicted molar refractivity (Wildman–Crippen MR) is 60.3 cm³/mol. The van der Waals surface area contributed by atoms with Crippen molar-refractivity contribution in [3.8, 4) is 0 Å². The van der Waals surface area contributed by atoms with E-state index in [9.17, 15) is 9.59 Å². The lowest BCUT2D eigenvalue weighted by molar-refractivity contribution is -0.149. The van der Waals surface area contributed by atoms with Gasteiger partial charge in [-0.25, -0.2) is 4.79 Å². The van der Waals surface area contributed by atoms with E-state index in [-0.39, 0.29) is 23.9 Å². The molecular weight excluding hydrogens is 220 g/mol. The van der Waals surface area contributed by atoms with E-state index in [4.69, 9.17) is 5.11 Å². The van der Waals surface area contributed by atoms with E-state index in [0.29, 0.717) is 6.42 Å². The largest absolute Gasteiger partial charge is 0.480 e. The average Bonchev–Trinajstić information content (AvgIpc) is 2.90. The standard InChI is InChI=1S/C12H16N2O3/c15-11-10-7(5-6-13-10)1-2-8-3-4-9(12(16)17)14(8)11/h1-2,7-10,13H,3-6H2,(H,16,17)/t7-,8?,9-,10-/m0/s1. The number of nitrogens with one attached hydrogen (secondary N) is 1. The minimum atomic E-state index is -0.884. The molecule has 2 fully saturated rings. The Balaban J connectivity index is 1.93. The third-order valence-electron chi connectivity index (χ3n) is 4.09. The number of carbonyl (C=O) groups excluding carboxylic acids is 1. The highest BCUT2D eigenvalue weighted by Gasteiger charge is 2.46. The Labute approximate surface area is 99.5 Å². The first-order valence-electron chi connectivity index (χ1n) is 6.15. The second-order valence-electron chi connectivity index (χ2n) is 5.01. The van der Waals surface area contributed by atoms with Crippen molar-refractivity contribution in [2.75, 3.05) is 6.54 Å². The van der Waals surface area contributed by atoms with Crippen LogP contribution in [0.1, 0.15) is 19.3 Å². The number of carboxylic acid groups (broad SMARTS) is 1. The van der Waals surface area contributed by atoms with Gasteiger partial charge < -0.3 is 15.3 Å². The maximum atomic E-state index is 12.4. The smallest absolute Gasteiger partial charge is 0.326 e. The summed E-state index contributed by atoms with van der Waals surface area (Å²) in [4.78, 5) is 25.1. The summed E-state index contributed by atoms with van der Waals surface area (Å²) in [6, 6.07) is -0.870. The fraction of sp³-hybridized carbons (Fsp3) is 0.667. The zero-order valence-corrected chi connectivity index (χ0v) is 9.50. The number of aliphatic carboxylic acids is 1. The van der Waals surface area contributed by atoms with Gasteiger partial charge in [0.2, 0.25) is 5.91 Å². The Bertz CT molecular complexity index is 393. The molecule has 3 heterocycles. The van der Waals surface area contributed by atoms with E-state index in [2.05, 4.69) is 11.4 Å². The molecule has 4 atom stereocenters. The number of nitrogens with zero attached hydrogens (tertiary/aromatic N) is 1. The Morgan fingerprint density at radius 3 is 2.94 bits per heavy atom. The fourth-order valence-corrected chi connectivity index (χ4v) is 3.22. The SMILES string of the molecule is O=C(O)[C@@H]1CCC2C=C[C@H]3CCN[C@@H]3C(=O)N21. The third-order valence-corrected chi connectivity index (χ3v) is 4.09. The molecule has 3 aliphatic heterocycles. The average molecular weight is 236 g/mol. The van der Waals surface area contributed by atoms with Crippen LogP contribution in [0.4, 0.5) is 0 Å². The van der Waals surface area contributed by atoms with Gasteiger partial charge in [-0.1, -0.05) is 12.2 Å². The molecule has 3 aliphatic rings. The quantitative estimate of drug-likeness (QED) is 0.628. The number of hydrogen-bond acceptors (Lipinski definition) is 3. The van der Waals surface area contributed by atoms with Gasteiger partial charge in [0, 0.05) is 5.92 Å². The zero-order chi connectivity index (χ0) is 12.0. The Hall–Kier alpha value is -1.36. The Kier molecular flexibility index (Phi) is 2.43. The van der Waals surface area contributed by atoms with Crippen molar-refractivity contribution in [2.45, 2.75) is 37.4 Å². The van der Waals surface area contributed by atoms with E-state index >= 15 is 0 Å². The van der Waals surface area contributed by atoms with Crippen LogP contribution < -0.4 is 5.32 Å². The molecule has 0 radical (unpaired) electrons. The molecule has 0 bridgehead atoms. The van der Waals surface area contributed by atoms with Crippen molar-refractivity contribution >= 4 is 11.9 Å². The zero-order valence-electron chi connectivity index (χ0n) is 9.50. The van der Waals surface area contributed by atoms with E-state index in [1.165, 1.54) is 0 Å². The van der Waals surface area contributed by atoms with Gasteiger partial charge in [-0.05, 0) is 25.8 Å². The van der Waals surface area contributed by atoms with Crippen LogP contribution in [-0.2, 0) is 9.59 Å². The third kappa shape index (κ3) is 1.57. The second-order valence-corrected chi connectivity index (χ2v) is 5.01. The minimum absolute atomic E-state index is 0.0176. The van der Waals surface area contributed by atoms with E-state index in [1.54, 1.807) is 4.90 Å². The van der Waals surface area contributed by atoms with Gasteiger partial charge in [-0.15, -0.1) is 0 Å². The summed E-state index contributed by atoms with van der Waals surface area (Å²) in [6.07, 6.45) is 6.41. The lowest BCUT2D eigenvalue weighted by Crippen LogP contribution is -2.51. The monoisotopic (exact) mass is 236 g/mol. The molecule has 0 aromatic carbocycles. The van der Waals surface area contributed by atoms with E-state index in [1.807, 2.05) is 6.08 Å². The van der Waals surface area contributed by atoms with E-state index in [0.717, 1.165) is 19.4 Å². The molecule has 17 heavy (non-hydrogen) atoms. The molecule has 1 unspecified atom stereocenters. The molecule has 0 aromatic heterocycles. The van der Waals surface area contributed by atoms with Gasteiger partial charge in [0.25, 0.3) is 0 Å². The number of carboxylic acids is 1. The summed E-state index contributed by atoms with van der Waals surface area (Å²) in [5, 5.41) is 12.3. The van der Waals surface area contributed by atoms with Gasteiger partial charge in [-0.2, -0.15) is 0 Å². The van der Waals surface area contributed by atoms with Crippen LogP contribution >= 0.6 is 0 Å². The van der Waals surface area contributed by atoms with Gasteiger partial charge in [0.1, 0.15) is 6.04 Å². The molecule has 5 heteroatoms. The summed E-state index contributed by atoms with van der Waals surface area (Å²) in [5.41, 5.74) is 0. The molecule has 0 saturated carbocycles. The summed E-state index contributed by atoms with van der Waals surface area (Å²) in [5.74, 6) is -0.680. The maximum Gasteiger partial charge on any atom is 0.326 e. The summed E-state index contributed by atoms with van der Waals surface area (Å²) in [6.45, 7) is 0.835. The number of carbonyl (C=O) groups is 2. The summed E-state index contributed by atoms with van der Waals surface area (Å²) in [7, 11) is 0. The number of amides is 1. The molecule has 92 valence electrons. The van der Waals surface area contributed by atoms with Crippen molar-refractivity contribution < 1.29 is 14.7 Å². The molecule has 2 N–H and O–H groups in total. The molecule has 5 nitrogen and oxygen atoms in total. The highest BCUT2D eigenvalue weighted by Crippen LogP contribution is 2.32. The summed E-state index contributed by atoms with van der Waals surface area (Å²) >= 11 is 0. The van der Waals surface area contributed by atoms with Crippen LogP contribution in [0.5, 0.6) is 0 Å². The number of hydrogen-bond donors (Lipinski definition) is 2. The van der Waals surface area contributed by atoms with Crippen LogP contribution in [0.15, 0.2) is 12.2 Å². The molecule has 3 rings (SSSR count). The van der Waals surface area contributed by atoms with Crippen molar-refractivity contribution in [1.29, 1.82) is 0 Å². The molecule has 0 spiro atoms. The van der Waals surface area contributed by atoms with Gasteiger partial charge in [0.05, 0.1) is 12.1 Å². The first-order chi connectivity index (χ1) is 8.18. The Morgan fingerprint density at radius 2 is 2.18 bits per heavy atom. The van der Waals surface area contributed by atoms with Crippen molar-refractivity contribution in [3.63, 3.8) is 0 Å². The first kappa shape index (κ1) is 10.8. The molecule has 0 aromatic rings. The first-order valence-corrected chi connectivity index (χ1v) is 6.15. The second kappa shape index (κ2) is 3.84. The lowest BCUT2D eigenvalue weighted by Gasteiger charge is -2.28. The lowest BCUT2D eigenvalue weighted by atomic mass is 9.99. The molecule has 0 aliphatic carbocycles. The van der Waals surface area contributed by atoms with Crippen molar-refractivity contribution in [3.05, 3.63) is 12.2 Å². The van der Waals surface area contributed by atoms with Crippen molar-refractivity contribution in [1.82, 2.24) is 10.2 Å². The topological polar surface area (TPSA) is 69.6 Å². The minimum Gasteiger partial charge on any atom is -0.480 e. The highest BCUT2D eigenvalue weighted by molar-refractivity contribution is 5.89. The van der Waals surface area contributed by atoms with Crippen molar-refractivity contribution in [2.24, 2.45) is 5.92 Å². The van der Waals surface area contributed by atoms with Crippen LogP contribution in [0.3, 0.4) is 0 Å². The van der Waals surface area contributed by atoms with E-state index < -0.39 is 12.0 Å². The predicted octanol–water partition coefficient (Wildman–Crippen LogP) is -0.0215. The molecule has 1 amide bonds. The van der Waals surface area contributed by atoms with Gasteiger partial charge in [-0.3, -0.25) is 4.79 Å². The van der Waals surface area contributed by atoms with Crippen LogP contribution in [-0.4, -0.2) is 46.6 Å². The number of fused-ring (bicyclic) bond motifs is 2. The highest BCUT2D eigenvalue weighted by atomic mass is 16.4. The molecular formula is C12H16N2O3. The number of rotatable bonds is 1. The molecule has 2 saturated heterocycles.